The average molecular weight is 216 g/mol. The number of H-pyrrole nitrogens is 1. The highest BCUT2D eigenvalue weighted by Crippen LogP contribution is 2.32. The van der Waals surface area contributed by atoms with Crippen LogP contribution in [0.5, 0.6) is 0 Å². The topological polar surface area (TPSA) is 28.7 Å². The molecule has 0 bridgehead atoms. The van der Waals surface area contributed by atoms with E-state index in [-0.39, 0.29) is 0 Å². The van der Waals surface area contributed by atoms with Crippen molar-refractivity contribution in [3.8, 4) is 0 Å². The van der Waals surface area contributed by atoms with Crippen LogP contribution in [0.25, 0.3) is 10.9 Å². The van der Waals surface area contributed by atoms with E-state index in [9.17, 15) is 0 Å². The minimum absolute atomic E-state index is 0.491. The van der Waals surface area contributed by atoms with Crippen molar-refractivity contribution in [2.24, 2.45) is 0 Å². The van der Waals surface area contributed by atoms with E-state index in [1.807, 2.05) is 0 Å². The second-order valence-electron chi connectivity index (χ2n) is 5.02. The molecule has 2 nitrogen and oxygen atoms in total. The van der Waals surface area contributed by atoms with Gasteiger partial charge in [-0.1, -0.05) is 13.8 Å². The number of hydrogen-bond acceptors (Lipinski definition) is 1. The molecule has 16 heavy (non-hydrogen) atoms. The van der Waals surface area contributed by atoms with Gasteiger partial charge in [-0.05, 0) is 55.9 Å². The Hall–Kier alpha value is -1.31. The summed E-state index contributed by atoms with van der Waals surface area (Å²) in [6.07, 6.45) is 0. The quantitative estimate of drug-likeness (QED) is 0.769. The molecule has 1 aromatic heterocycles. The summed E-state index contributed by atoms with van der Waals surface area (Å²) < 4.78 is 0. The Labute approximate surface area is 97.1 Å². The molecule has 0 saturated carbocycles. The molecule has 0 aliphatic heterocycles. The largest absolute Gasteiger partial charge is 0.281 e. The monoisotopic (exact) mass is 216 g/mol. The first kappa shape index (κ1) is 11.2. The first-order valence-electron chi connectivity index (χ1n) is 5.89. The smallest absolute Gasteiger partial charge is 0.0958 e. The summed E-state index contributed by atoms with van der Waals surface area (Å²) in [4.78, 5) is 0. The molecule has 1 aromatic carbocycles. The second kappa shape index (κ2) is 3.62. The van der Waals surface area contributed by atoms with E-state index in [1.54, 1.807) is 0 Å². The number of aromatic amines is 1. The van der Waals surface area contributed by atoms with Gasteiger partial charge in [0.2, 0.25) is 0 Å². The fourth-order valence-electron chi connectivity index (χ4n) is 2.35. The van der Waals surface area contributed by atoms with Gasteiger partial charge in [-0.15, -0.1) is 0 Å². The number of rotatable bonds is 1. The number of fused-ring (bicyclic) bond motifs is 1. The molecular weight excluding hydrogens is 196 g/mol. The summed E-state index contributed by atoms with van der Waals surface area (Å²) in [6.45, 7) is 13.2. The molecule has 0 aliphatic rings. The Bertz CT molecular complexity index is 548. The maximum Gasteiger partial charge on any atom is 0.0958 e. The van der Waals surface area contributed by atoms with Crippen LogP contribution in [0, 0.1) is 27.7 Å². The predicted molar refractivity (Wildman–Crippen MR) is 69.1 cm³/mol. The summed E-state index contributed by atoms with van der Waals surface area (Å²) >= 11 is 0. The highest BCUT2D eigenvalue weighted by molar-refractivity contribution is 5.90. The number of benzene rings is 1. The van der Waals surface area contributed by atoms with Crippen LogP contribution in [0.1, 0.15) is 47.7 Å². The van der Waals surface area contributed by atoms with Gasteiger partial charge in [0.15, 0.2) is 0 Å². The van der Waals surface area contributed by atoms with Gasteiger partial charge >= 0.3 is 0 Å². The number of aromatic nitrogens is 2. The van der Waals surface area contributed by atoms with Crippen LogP contribution in [0.2, 0.25) is 0 Å². The molecule has 2 rings (SSSR count). The Balaban J connectivity index is 2.94. The van der Waals surface area contributed by atoms with Crippen molar-refractivity contribution in [2.45, 2.75) is 47.5 Å². The van der Waals surface area contributed by atoms with E-state index >= 15 is 0 Å². The van der Waals surface area contributed by atoms with Gasteiger partial charge in [0.05, 0.1) is 5.52 Å². The van der Waals surface area contributed by atoms with Crippen molar-refractivity contribution in [1.82, 2.24) is 10.2 Å². The van der Waals surface area contributed by atoms with Crippen molar-refractivity contribution >= 4 is 10.9 Å². The average Bonchev–Trinajstić information content (AvgIpc) is 2.67. The number of nitrogens with zero attached hydrogens (tertiary/aromatic N) is 1. The molecule has 0 radical (unpaired) electrons. The lowest BCUT2D eigenvalue weighted by Gasteiger charge is -2.12. The highest BCUT2D eigenvalue weighted by atomic mass is 15.1. The van der Waals surface area contributed by atoms with E-state index in [0.29, 0.717) is 5.92 Å². The van der Waals surface area contributed by atoms with Crippen LogP contribution in [0.15, 0.2) is 0 Å². The fourth-order valence-corrected chi connectivity index (χ4v) is 2.35. The molecule has 1 heterocycles. The molecule has 86 valence electrons. The normalized spacial score (nSPS) is 11.7. The van der Waals surface area contributed by atoms with Crippen LogP contribution in [-0.4, -0.2) is 10.2 Å². The number of nitrogens with one attached hydrogen (secondary N) is 1. The fraction of sp³-hybridized carbons (Fsp3) is 0.500. The zero-order chi connectivity index (χ0) is 12.0. The number of aryl methyl sites for hydroxylation is 2. The van der Waals surface area contributed by atoms with Gasteiger partial charge in [0, 0.05) is 11.1 Å². The third-order valence-electron chi connectivity index (χ3n) is 3.79. The maximum atomic E-state index is 4.48. The zero-order valence-corrected chi connectivity index (χ0v) is 11.0. The first-order chi connectivity index (χ1) is 7.45. The molecule has 0 atom stereocenters. The van der Waals surface area contributed by atoms with Crippen molar-refractivity contribution in [1.29, 1.82) is 0 Å². The standard InChI is InChI=1S/C14H20N2/c1-7(2)13-12-10(5)8(3)9(4)11(6)14(12)16-15-13/h7H,1-6H3,(H,15,16). The van der Waals surface area contributed by atoms with Crippen LogP contribution >= 0.6 is 0 Å². The lowest BCUT2D eigenvalue weighted by molar-refractivity contribution is 0.817. The van der Waals surface area contributed by atoms with Gasteiger partial charge in [-0.3, -0.25) is 5.10 Å². The molecule has 0 unspecified atom stereocenters. The lowest BCUT2D eigenvalue weighted by Crippen LogP contribution is -1.95. The molecule has 0 aliphatic carbocycles. The van der Waals surface area contributed by atoms with Gasteiger partial charge in [-0.2, -0.15) is 5.10 Å². The van der Waals surface area contributed by atoms with E-state index < -0.39 is 0 Å². The van der Waals surface area contributed by atoms with Crippen molar-refractivity contribution in [3.05, 3.63) is 27.9 Å². The maximum absolute atomic E-state index is 4.48. The summed E-state index contributed by atoms with van der Waals surface area (Å²) in [5.74, 6) is 0.491. The summed E-state index contributed by atoms with van der Waals surface area (Å²) in [5.41, 5.74) is 7.85. The summed E-state index contributed by atoms with van der Waals surface area (Å²) in [5, 5.41) is 9.01. The molecule has 2 heteroatoms. The van der Waals surface area contributed by atoms with Crippen LogP contribution in [-0.2, 0) is 0 Å². The minimum atomic E-state index is 0.491. The van der Waals surface area contributed by atoms with Gasteiger partial charge in [-0.25, -0.2) is 0 Å². The Morgan fingerprint density at radius 1 is 0.875 bits per heavy atom. The zero-order valence-electron chi connectivity index (χ0n) is 11.0. The molecular formula is C14H20N2. The Morgan fingerprint density at radius 3 is 2.00 bits per heavy atom. The molecule has 0 fully saturated rings. The molecule has 0 spiro atoms. The molecule has 1 N–H and O–H groups in total. The SMILES string of the molecule is Cc1c(C)c(C)c2c(C(C)C)[nH]nc2c1C. The van der Waals surface area contributed by atoms with Gasteiger partial charge in [0.25, 0.3) is 0 Å². The summed E-state index contributed by atoms with van der Waals surface area (Å²) in [6, 6.07) is 0. The lowest BCUT2D eigenvalue weighted by atomic mass is 9.92. The van der Waals surface area contributed by atoms with Crippen LogP contribution in [0.4, 0.5) is 0 Å². The summed E-state index contributed by atoms with van der Waals surface area (Å²) in [7, 11) is 0. The van der Waals surface area contributed by atoms with Crippen molar-refractivity contribution in [2.75, 3.05) is 0 Å². The van der Waals surface area contributed by atoms with Crippen LogP contribution < -0.4 is 0 Å². The van der Waals surface area contributed by atoms with Crippen molar-refractivity contribution < 1.29 is 0 Å². The number of hydrogen-bond donors (Lipinski definition) is 1. The third-order valence-corrected chi connectivity index (χ3v) is 3.79. The van der Waals surface area contributed by atoms with E-state index in [4.69, 9.17) is 0 Å². The van der Waals surface area contributed by atoms with E-state index in [1.165, 1.54) is 33.3 Å². The van der Waals surface area contributed by atoms with E-state index in [0.717, 1.165) is 5.52 Å². The second-order valence-corrected chi connectivity index (χ2v) is 5.02. The first-order valence-corrected chi connectivity index (χ1v) is 5.89. The van der Waals surface area contributed by atoms with Crippen molar-refractivity contribution in [3.63, 3.8) is 0 Å². The predicted octanol–water partition coefficient (Wildman–Crippen LogP) is 3.92. The minimum Gasteiger partial charge on any atom is -0.281 e. The highest BCUT2D eigenvalue weighted by Gasteiger charge is 2.16. The molecule has 0 saturated heterocycles. The van der Waals surface area contributed by atoms with Gasteiger partial charge < -0.3 is 0 Å². The third kappa shape index (κ3) is 1.36. The van der Waals surface area contributed by atoms with Gasteiger partial charge in [0.1, 0.15) is 0 Å². The Morgan fingerprint density at radius 2 is 1.44 bits per heavy atom. The molecule has 0 amide bonds. The van der Waals surface area contributed by atoms with E-state index in [2.05, 4.69) is 51.7 Å². The van der Waals surface area contributed by atoms with Crippen LogP contribution in [0.3, 0.4) is 0 Å². The Kier molecular flexibility index (Phi) is 2.53. The molecule has 2 aromatic rings.